The van der Waals surface area contributed by atoms with Gasteiger partial charge in [-0.05, 0) is 30.7 Å². The summed E-state index contributed by atoms with van der Waals surface area (Å²) in [6.45, 7) is 3.62. The summed E-state index contributed by atoms with van der Waals surface area (Å²) in [4.78, 5) is 7.25. The lowest BCUT2D eigenvalue weighted by atomic mass is 9.87. The Morgan fingerprint density at radius 1 is 1.06 bits per heavy atom. The molecule has 5 nitrogen and oxygen atoms in total. The summed E-state index contributed by atoms with van der Waals surface area (Å²) in [7, 11) is 0. The first-order valence-electron chi connectivity index (χ1n) is 10.9. The van der Waals surface area contributed by atoms with Crippen molar-refractivity contribution >= 4 is 22.9 Å². The van der Waals surface area contributed by atoms with Crippen LogP contribution in [0, 0.1) is 12.7 Å². The van der Waals surface area contributed by atoms with Crippen molar-refractivity contribution in [3.63, 3.8) is 0 Å². The Labute approximate surface area is 190 Å². The van der Waals surface area contributed by atoms with Crippen molar-refractivity contribution < 1.29 is 9.13 Å². The first-order chi connectivity index (χ1) is 15.5. The number of piperidine rings is 1. The number of nitrogens with zero attached hydrogens (tertiary/aromatic N) is 4. The van der Waals surface area contributed by atoms with Gasteiger partial charge in [0.2, 0.25) is 0 Å². The lowest BCUT2D eigenvalue weighted by molar-refractivity contribution is 0.0667. The monoisotopic (exact) mass is 448 g/mol. The van der Waals surface area contributed by atoms with E-state index in [-0.39, 0.29) is 10.6 Å². The van der Waals surface area contributed by atoms with E-state index < -0.39 is 5.82 Å². The molecule has 0 saturated carbocycles. The first kappa shape index (κ1) is 19.6. The van der Waals surface area contributed by atoms with Crippen LogP contribution in [0.2, 0.25) is 5.02 Å². The molecular weight excluding hydrogens is 427 g/mol. The highest BCUT2D eigenvalue weighted by atomic mass is 35.5. The maximum absolute atomic E-state index is 14.1. The fraction of sp³-hybridized carbons (Fsp3) is 0.280. The van der Waals surface area contributed by atoms with Crippen molar-refractivity contribution in [1.82, 2.24) is 14.6 Å². The van der Waals surface area contributed by atoms with E-state index in [2.05, 4.69) is 28.2 Å². The quantitative estimate of drug-likeness (QED) is 0.407. The summed E-state index contributed by atoms with van der Waals surface area (Å²) in [5.74, 6) is 1.46. The summed E-state index contributed by atoms with van der Waals surface area (Å²) in [6, 6.07) is 15.1. The van der Waals surface area contributed by atoms with Crippen molar-refractivity contribution in [2.24, 2.45) is 0 Å². The van der Waals surface area contributed by atoms with Crippen LogP contribution in [0.25, 0.3) is 16.8 Å². The van der Waals surface area contributed by atoms with Gasteiger partial charge in [-0.1, -0.05) is 41.9 Å². The SMILES string of the molecule is Cc1nc(N2CCC3(CC2)Cc2ccccc2O3)c2ccnn2c1-c1cccc(F)c1Cl. The van der Waals surface area contributed by atoms with Gasteiger partial charge in [0.25, 0.3) is 0 Å². The molecule has 1 spiro atoms. The predicted octanol–water partition coefficient (Wildman–Crippen LogP) is 5.47. The third-order valence-electron chi connectivity index (χ3n) is 6.69. The Bertz CT molecular complexity index is 1320. The number of benzene rings is 2. The van der Waals surface area contributed by atoms with E-state index in [0.29, 0.717) is 11.3 Å². The molecule has 0 bridgehead atoms. The van der Waals surface area contributed by atoms with Crippen LogP contribution in [0.15, 0.2) is 54.7 Å². The van der Waals surface area contributed by atoms with Crippen molar-refractivity contribution in [1.29, 1.82) is 0 Å². The number of anilines is 1. The van der Waals surface area contributed by atoms with Crippen LogP contribution in [0.3, 0.4) is 0 Å². The third-order valence-corrected chi connectivity index (χ3v) is 7.08. The van der Waals surface area contributed by atoms with E-state index >= 15 is 0 Å². The number of hydrogen-bond acceptors (Lipinski definition) is 4. The molecule has 32 heavy (non-hydrogen) atoms. The lowest BCUT2D eigenvalue weighted by Crippen LogP contribution is -2.47. The van der Waals surface area contributed by atoms with Crippen molar-refractivity contribution in [2.45, 2.75) is 31.8 Å². The molecule has 2 aromatic heterocycles. The average Bonchev–Trinajstić information content (AvgIpc) is 3.41. The molecule has 0 radical (unpaired) electrons. The Balaban J connectivity index is 1.34. The van der Waals surface area contributed by atoms with Crippen LogP contribution in [-0.2, 0) is 6.42 Å². The van der Waals surface area contributed by atoms with Gasteiger partial charge in [-0.2, -0.15) is 5.10 Å². The number of aryl methyl sites for hydroxylation is 1. The maximum Gasteiger partial charge on any atom is 0.155 e. The molecule has 2 aliphatic heterocycles. The van der Waals surface area contributed by atoms with E-state index in [0.717, 1.165) is 55.1 Å². The summed E-state index contributed by atoms with van der Waals surface area (Å²) in [5, 5.41) is 4.61. The fourth-order valence-electron chi connectivity index (χ4n) is 5.07. The number of para-hydroxylation sites is 1. The highest BCUT2D eigenvalue weighted by Crippen LogP contribution is 2.42. The van der Waals surface area contributed by atoms with Gasteiger partial charge in [0.05, 0.1) is 22.6 Å². The van der Waals surface area contributed by atoms with E-state index in [4.69, 9.17) is 21.3 Å². The van der Waals surface area contributed by atoms with Gasteiger partial charge in [0.15, 0.2) is 5.82 Å². The molecule has 4 heterocycles. The predicted molar refractivity (Wildman–Crippen MR) is 123 cm³/mol. The van der Waals surface area contributed by atoms with E-state index in [1.807, 2.05) is 23.6 Å². The second kappa shape index (κ2) is 7.20. The van der Waals surface area contributed by atoms with Crippen LogP contribution in [0.5, 0.6) is 5.75 Å². The Hall–Kier alpha value is -3.12. The molecule has 2 aliphatic rings. The summed E-state index contributed by atoms with van der Waals surface area (Å²) in [5.41, 5.74) is 4.12. The Morgan fingerprint density at radius 2 is 1.88 bits per heavy atom. The van der Waals surface area contributed by atoms with Gasteiger partial charge in [0, 0.05) is 37.9 Å². The lowest BCUT2D eigenvalue weighted by Gasteiger charge is -2.39. The second-order valence-electron chi connectivity index (χ2n) is 8.66. The first-order valence-corrected chi connectivity index (χ1v) is 11.2. The number of hydrogen-bond donors (Lipinski definition) is 0. The van der Waals surface area contributed by atoms with Gasteiger partial charge in [-0.15, -0.1) is 0 Å². The van der Waals surface area contributed by atoms with Gasteiger partial charge >= 0.3 is 0 Å². The third kappa shape index (κ3) is 2.97. The molecule has 7 heteroatoms. The normalized spacial score (nSPS) is 17.0. The molecule has 0 atom stereocenters. The largest absolute Gasteiger partial charge is 0.487 e. The van der Waals surface area contributed by atoms with Gasteiger partial charge in [-0.25, -0.2) is 13.9 Å². The van der Waals surface area contributed by atoms with Crippen LogP contribution < -0.4 is 9.64 Å². The molecule has 0 amide bonds. The zero-order valence-corrected chi connectivity index (χ0v) is 18.4. The molecule has 0 aliphatic carbocycles. The number of halogens is 2. The number of fused-ring (bicyclic) bond motifs is 2. The van der Waals surface area contributed by atoms with Crippen molar-refractivity contribution in [2.75, 3.05) is 18.0 Å². The summed E-state index contributed by atoms with van der Waals surface area (Å²) < 4.78 is 22.4. The Kier molecular flexibility index (Phi) is 4.40. The average molecular weight is 449 g/mol. The minimum atomic E-state index is -0.452. The second-order valence-corrected chi connectivity index (χ2v) is 9.03. The van der Waals surface area contributed by atoms with Crippen LogP contribution >= 0.6 is 11.6 Å². The number of ether oxygens (including phenoxy) is 1. The standard InChI is InChI=1S/C25H22ClFN4O/c1-16-23(18-6-4-7-19(27)22(18)26)31-20(9-12-28-31)24(29-16)30-13-10-25(11-14-30)15-17-5-2-3-8-21(17)32-25/h2-9,12H,10-11,13-15H2,1H3. The zero-order valence-electron chi connectivity index (χ0n) is 17.7. The fourth-order valence-corrected chi connectivity index (χ4v) is 5.29. The smallest absolute Gasteiger partial charge is 0.155 e. The summed E-state index contributed by atoms with van der Waals surface area (Å²) >= 11 is 6.29. The summed E-state index contributed by atoms with van der Waals surface area (Å²) in [6.07, 6.45) is 4.57. The van der Waals surface area contributed by atoms with E-state index in [1.165, 1.54) is 11.6 Å². The highest BCUT2D eigenvalue weighted by Gasteiger charge is 2.42. The van der Waals surface area contributed by atoms with Crippen molar-refractivity contribution in [3.05, 3.63) is 76.8 Å². The van der Waals surface area contributed by atoms with Crippen LogP contribution in [-0.4, -0.2) is 33.3 Å². The molecule has 1 fully saturated rings. The molecular formula is C25H22ClFN4O. The number of rotatable bonds is 2. The minimum absolute atomic E-state index is 0.0832. The molecule has 1 saturated heterocycles. The van der Waals surface area contributed by atoms with Crippen LogP contribution in [0.4, 0.5) is 10.2 Å². The Morgan fingerprint density at radius 3 is 2.69 bits per heavy atom. The molecule has 4 aromatic rings. The van der Waals surface area contributed by atoms with E-state index in [1.54, 1.807) is 18.3 Å². The van der Waals surface area contributed by atoms with Crippen molar-refractivity contribution in [3.8, 4) is 17.0 Å². The van der Waals surface area contributed by atoms with Gasteiger partial charge < -0.3 is 9.64 Å². The van der Waals surface area contributed by atoms with Gasteiger partial charge in [-0.3, -0.25) is 0 Å². The van der Waals surface area contributed by atoms with Crippen LogP contribution in [0.1, 0.15) is 24.1 Å². The molecule has 0 N–H and O–H groups in total. The maximum atomic E-state index is 14.1. The van der Waals surface area contributed by atoms with E-state index in [9.17, 15) is 4.39 Å². The van der Waals surface area contributed by atoms with Gasteiger partial charge in [0.1, 0.15) is 22.7 Å². The molecule has 6 rings (SSSR count). The molecule has 0 unspecified atom stereocenters. The molecule has 2 aromatic carbocycles. The zero-order chi connectivity index (χ0) is 21.9. The highest BCUT2D eigenvalue weighted by molar-refractivity contribution is 6.33. The topological polar surface area (TPSA) is 42.7 Å². The molecule has 162 valence electrons. The number of aromatic nitrogens is 3. The minimum Gasteiger partial charge on any atom is -0.487 e.